The van der Waals surface area contributed by atoms with Gasteiger partial charge in [-0.2, -0.15) is 5.10 Å². The maximum atomic E-state index is 13.4. The Labute approximate surface area is 201 Å². The minimum absolute atomic E-state index is 0.1000. The van der Waals surface area contributed by atoms with E-state index in [1.54, 1.807) is 47.8 Å². The Morgan fingerprint density at radius 3 is 2.77 bits per heavy atom. The Balaban J connectivity index is 1.58. The summed E-state index contributed by atoms with van der Waals surface area (Å²) in [6.07, 6.45) is 6.76. The lowest BCUT2D eigenvalue weighted by Crippen LogP contribution is -2.38. The van der Waals surface area contributed by atoms with Crippen LogP contribution in [0.3, 0.4) is 0 Å². The largest absolute Gasteiger partial charge is 0.385 e. The summed E-state index contributed by atoms with van der Waals surface area (Å²) in [5.74, 6) is -0.531. The zero-order valence-corrected chi connectivity index (χ0v) is 19.0. The summed E-state index contributed by atoms with van der Waals surface area (Å²) in [4.78, 5) is 23.6. The topological polar surface area (TPSA) is 125 Å². The van der Waals surface area contributed by atoms with Gasteiger partial charge in [-0.3, -0.25) is 14.8 Å². The number of carbonyl (C=O) groups excluding carboxylic acids is 1. The standard InChI is InChI=1S/C25H25FN8O/c1-29-34-9-6-18(11-24(34)32-16-28)19-10-22-23(31-14-19)7-8-33(25(22)35)21(12-27)15-30-13-17-2-4-20(26)5-3-17/h2-6,9-12,14-15,27,30H,1,7-8,13,16,28H2/b21-15+,27-12?,32-24-. The fraction of sp³-hybridized carbons (Fsp3) is 0.160. The summed E-state index contributed by atoms with van der Waals surface area (Å²) in [5.41, 5.74) is 10.2. The number of pyridine rings is 2. The second kappa shape index (κ2) is 10.7. The molecule has 0 unspecified atom stereocenters. The maximum absolute atomic E-state index is 13.4. The lowest BCUT2D eigenvalue weighted by molar-refractivity contribution is 0.0798. The summed E-state index contributed by atoms with van der Waals surface area (Å²) in [6.45, 7) is 4.47. The Morgan fingerprint density at radius 1 is 1.26 bits per heavy atom. The van der Waals surface area contributed by atoms with Crippen molar-refractivity contribution in [2.24, 2.45) is 15.8 Å². The number of benzene rings is 1. The molecule has 0 saturated carbocycles. The zero-order valence-electron chi connectivity index (χ0n) is 19.0. The molecule has 3 heterocycles. The van der Waals surface area contributed by atoms with Gasteiger partial charge in [-0.15, -0.1) is 0 Å². The van der Waals surface area contributed by atoms with Crippen molar-refractivity contribution in [3.63, 3.8) is 0 Å². The summed E-state index contributed by atoms with van der Waals surface area (Å²) >= 11 is 0. The molecule has 0 aliphatic carbocycles. The van der Waals surface area contributed by atoms with Gasteiger partial charge in [-0.25, -0.2) is 9.07 Å². The second-order valence-corrected chi connectivity index (χ2v) is 7.75. The number of fused-ring (bicyclic) bond motifs is 1. The van der Waals surface area contributed by atoms with Crippen molar-refractivity contribution in [3.05, 3.63) is 94.9 Å². The highest BCUT2D eigenvalue weighted by atomic mass is 19.1. The summed E-state index contributed by atoms with van der Waals surface area (Å²) in [6, 6.07) is 11.6. The van der Waals surface area contributed by atoms with Crippen LogP contribution in [0.2, 0.25) is 0 Å². The normalized spacial score (nSPS) is 14.0. The molecule has 10 heteroatoms. The highest BCUT2D eigenvalue weighted by molar-refractivity contribution is 6.01. The Kier molecular flexibility index (Phi) is 7.22. The van der Waals surface area contributed by atoms with Crippen molar-refractivity contribution in [2.45, 2.75) is 13.0 Å². The van der Waals surface area contributed by atoms with Gasteiger partial charge < -0.3 is 21.4 Å². The second-order valence-electron chi connectivity index (χ2n) is 7.75. The van der Waals surface area contributed by atoms with Crippen molar-refractivity contribution < 1.29 is 9.18 Å². The van der Waals surface area contributed by atoms with Gasteiger partial charge in [0.25, 0.3) is 5.91 Å². The van der Waals surface area contributed by atoms with Gasteiger partial charge in [-0.05, 0) is 41.5 Å². The van der Waals surface area contributed by atoms with E-state index in [9.17, 15) is 9.18 Å². The van der Waals surface area contributed by atoms with E-state index in [4.69, 9.17) is 11.1 Å². The van der Waals surface area contributed by atoms with Crippen LogP contribution in [0.5, 0.6) is 0 Å². The molecule has 9 nitrogen and oxygen atoms in total. The number of amides is 1. The summed E-state index contributed by atoms with van der Waals surface area (Å²) in [5, 5.41) is 14.8. The molecule has 1 aliphatic rings. The minimum atomic E-state index is -0.299. The van der Waals surface area contributed by atoms with Gasteiger partial charge in [0.2, 0.25) is 0 Å². The first-order chi connectivity index (χ1) is 17.0. The van der Waals surface area contributed by atoms with Crippen LogP contribution in [0.4, 0.5) is 4.39 Å². The van der Waals surface area contributed by atoms with E-state index in [1.807, 2.05) is 6.07 Å². The third kappa shape index (κ3) is 5.22. The molecular formula is C25H25FN8O. The van der Waals surface area contributed by atoms with Crippen molar-refractivity contribution >= 4 is 18.8 Å². The van der Waals surface area contributed by atoms with Gasteiger partial charge in [0, 0.05) is 56.6 Å². The number of halogens is 1. The van der Waals surface area contributed by atoms with E-state index in [1.165, 1.54) is 16.8 Å². The molecule has 0 spiro atoms. The number of allylic oxidation sites excluding steroid dienone is 1. The minimum Gasteiger partial charge on any atom is -0.385 e. The molecule has 4 N–H and O–H groups in total. The molecule has 0 atom stereocenters. The first-order valence-electron chi connectivity index (χ1n) is 10.9. The Hall–Kier alpha value is -4.44. The fourth-order valence-corrected chi connectivity index (χ4v) is 3.81. The van der Waals surface area contributed by atoms with Crippen LogP contribution in [-0.4, -0.2) is 46.6 Å². The first-order valence-corrected chi connectivity index (χ1v) is 10.9. The quantitative estimate of drug-likeness (QED) is 0.435. The van der Waals surface area contributed by atoms with Crippen LogP contribution in [0.25, 0.3) is 11.1 Å². The third-order valence-corrected chi connectivity index (χ3v) is 5.60. The van der Waals surface area contributed by atoms with Crippen LogP contribution in [0, 0.1) is 11.2 Å². The summed E-state index contributed by atoms with van der Waals surface area (Å²) in [7, 11) is 0. The van der Waals surface area contributed by atoms with Gasteiger partial charge in [0.15, 0.2) is 5.49 Å². The van der Waals surface area contributed by atoms with E-state index >= 15 is 0 Å². The molecule has 35 heavy (non-hydrogen) atoms. The van der Waals surface area contributed by atoms with Gasteiger partial charge in [0.05, 0.1) is 23.6 Å². The predicted octanol–water partition coefficient (Wildman–Crippen LogP) is 2.25. The van der Waals surface area contributed by atoms with Crippen molar-refractivity contribution in [1.82, 2.24) is 19.9 Å². The Morgan fingerprint density at radius 2 is 2.06 bits per heavy atom. The SMILES string of the molecule is C=Nn1ccc(-c2cnc3c(c2)C(=O)N(/C(C=N)=C/NCc2ccc(F)cc2)CC3)c/c1=N/CN. The van der Waals surface area contributed by atoms with E-state index < -0.39 is 0 Å². The molecule has 3 aromatic rings. The molecule has 0 radical (unpaired) electrons. The van der Waals surface area contributed by atoms with E-state index in [-0.39, 0.29) is 18.4 Å². The lowest BCUT2D eigenvalue weighted by atomic mass is 9.99. The van der Waals surface area contributed by atoms with Gasteiger partial charge in [0.1, 0.15) is 5.82 Å². The van der Waals surface area contributed by atoms with Crippen LogP contribution in [-0.2, 0) is 13.0 Å². The highest BCUT2D eigenvalue weighted by Crippen LogP contribution is 2.25. The molecule has 1 aromatic carbocycles. The third-order valence-electron chi connectivity index (χ3n) is 5.60. The first kappa shape index (κ1) is 23.7. The number of aromatic nitrogens is 2. The Bertz CT molecular complexity index is 1360. The molecule has 1 aliphatic heterocycles. The number of nitrogens with one attached hydrogen (secondary N) is 2. The van der Waals surface area contributed by atoms with Gasteiger partial charge in [-0.1, -0.05) is 12.1 Å². The van der Waals surface area contributed by atoms with E-state index in [2.05, 4.69) is 27.1 Å². The lowest BCUT2D eigenvalue weighted by Gasteiger charge is -2.28. The predicted molar refractivity (Wildman–Crippen MR) is 132 cm³/mol. The maximum Gasteiger partial charge on any atom is 0.260 e. The van der Waals surface area contributed by atoms with Crippen LogP contribution in [0.1, 0.15) is 21.6 Å². The molecule has 4 rings (SSSR count). The average molecular weight is 473 g/mol. The number of hydrogen-bond acceptors (Lipinski definition) is 7. The smallest absolute Gasteiger partial charge is 0.260 e. The van der Waals surface area contributed by atoms with Crippen molar-refractivity contribution in [1.29, 1.82) is 5.41 Å². The molecule has 0 saturated heterocycles. The highest BCUT2D eigenvalue weighted by Gasteiger charge is 2.27. The monoisotopic (exact) mass is 472 g/mol. The molecule has 2 aromatic heterocycles. The number of nitrogens with two attached hydrogens (primary N) is 1. The van der Waals surface area contributed by atoms with Gasteiger partial charge >= 0.3 is 0 Å². The molecule has 1 amide bonds. The molecule has 0 bridgehead atoms. The molecule has 0 fully saturated rings. The average Bonchev–Trinajstić information content (AvgIpc) is 2.88. The van der Waals surface area contributed by atoms with Crippen molar-refractivity contribution in [2.75, 3.05) is 13.2 Å². The molecule has 178 valence electrons. The number of hydrogen-bond donors (Lipinski definition) is 3. The molecular weight excluding hydrogens is 447 g/mol. The number of nitrogens with zero attached hydrogens (tertiary/aromatic N) is 5. The number of rotatable bonds is 8. The van der Waals surface area contributed by atoms with Crippen LogP contribution < -0.4 is 16.5 Å². The summed E-state index contributed by atoms with van der Waals surface area (Å²) < 4.78 is 14.6. The van der Waals surface area contributed by atoms with Crippen molar-refractivity contribution in [3.8, 4) is 11.1 Å². The number of carbonyl (C=O) groups is 1. The zero-order chi connectivity index (χ0) is 24.8. The fourth-order valence-electron chi connectivity index (χ4n) is 3.81. The van der Waals surface area contributed by atoms with Crippen LogP contribution in [0.15, 0.2) is 76.8 Å². The van der Waals surface area contributed by atoms with E-state index in [0.717, 1.165) is 22.9 Å². The van der Waals surface area contributed by atoms with E-state index in [0.29, 0.717) is 42.0 Å². The van der Waals surface area contributed by atoms with Crippen LogP contribution >= 0.6 is 0 Å².